The van der Waals surface area contributed by atoms with Crippen LogP contribution in [0.25, 0.3) is 0 Å². The molecule has 0 radical (unpaired) electrons. The molecular weight excluding hydrogens is 524 g/mol. The number of nitrogens with zero attached hydrogens (tertiary/aromatic N) is 1. The fourth-order valence-corrected chi connectivity index (χ4v) is 4.66. The molecule has 6 N–H and O–H groups in total. The predicted molar refractivity (Wildman–Crippen MR) is 168 cm³/mol. The summed E-state index contributed by atoms with van der Waals surface area (Å²) in [5.74, 6) is -0.292. The SMILES string of the molecule is CNCc1cccc(CNC(=O)NC(N)=NCc2cccc(CNC(=O)C(Cc3ccccc3)c3ccccc3)c2)c1. The van der Waals surface area contributed by atoms with E-state index in [9.17, 15) is 9.59 Å². The van der Waals surface area contributed by atoms with Crippen molar-refractivity contribution in [3.8, 4) is 0 Å². The topological polar surface area (TPSA) is 121 Å². The second kappa shape index (κ2) is 15.7. The van der Waals surface area contributed by atoms with E-state index in [0.29, 0.717) is 26.1 Å². The first-order valence-corrected chi connectivity index (χ1v) is 14.0. The van der Waals surface area contributed by atoms with Gasteiger partial charge in [0.2, 0.25) is 5.91 Å². The highest BCUT2D eigenvalue weighted by Gasteiger charge is 2.20. The lowest BCUT2D eigenvalue weighted by Crippen LogP contribution is -2.43. The molecule has 8 nitrogen and oxygen atoms in total. The van der Waals surface area contributed by atoms with Gasteiger partial charge in [-0.25, -0.2) is 9.79 Å². The Morgan fingerprint density at radius 2 is 1.24 bits per heavy atom. The van der Waals surface area contributed by atoms with Crippen LogP contribution in [0.1, 0.15) is 39.3 Å². The van der Waals surface area contributed by atoms with Crippen molar-refractivity contribution in [3.05, 3.63) is 143 Å². The summed E-state index contributed by atoms with van der Waals surface area (Å²) in [4.78, 5) is 29.9. The third kappa shape index (κ3) is 9.60. The van der Waals surface area contributed by atoms with Gasteiger partial charge in [-0.15, -0.1) is 0 Å². The van der Waals surface area contributed by atoms with Gasteiger partial charge in [-0.05, 0) is 46.8 Å². The standard InChI is InChI=1S/C34H38N6O2/c1-36-21-26-12-8-15-29(18-26)24-39-34(42)40-33(35)38-23-28-14-9-13-27(19-28)22-37-32(41)31(30-16-6-3-7-17-30)20-25-10-4-2-5-11-25/h2-19,31,36H,20-24H2,1H3,(H,37,41)(H4,35,38,39,40,42). The number of carbonyl (C=O) groups is 2. The summed E-state index contributed by atoms with van der Waals surface area (Å²) < 4.78 is 0. The van der Waals surface area contributed by atoms with Crippen LogP contribution in [0.15, 0.2) is 114 Å². The van der Waals surface area contributed by atoms with E-state index in [1.165, 1.54) is 0 Å². The molecule has 0 bridgehead atoms. The summed E-state index contributed by atoms with van der Waals surface area (Å²) in [6.07, 6.45) is 0.619. The van der Waals surface area contributed by atoms with E-state index in [0.717, 1.165) is 39.9 Å². The van der Waals surface area contributed by atoms with Gasteiger partial charge in [-0.2, -0.15) is 0 Å². The van der Waals surface area contributed by atoms with Gasteiger partial charge in [0.25, 0.3) is 0 Å². The summed E-state index contributed by atoms with van der Waals surface area (Å²) in [6, 6.07) is 35.2. The third-order valence-corrected chi connectivity index (χ3v) is 6.76. The molecule has 0 aliphatic rings. The van der Waals surface area contributed by atoms with E-state index in [-0.39, 0.29) is 17.8 Å². The van der Waals surface area contributed by atoms with Crippen molar-refractivity contribution >= 4 is 17.9 Å². The molecule has 1 atom stereocenters. The van der Waals surface area contributed by atoms with Gasteiger partial charge in [0.1, 0.15) is 0 Å². The number of benzene rings is 4. The van der Waals surface area contributed by atoms with Crippen molar-refractivity contribution in [2.75, 3.05) is 7.05 Å². The lowest BCUT2D eigenvalue weighted by Gasteiger charge is -2.18. The zero-order valence-electron chi connectivity index (χ0n) is 23.8. The Balaban J connectivity index is 1.29. The first-order valence-electron chi connectivity index (χ1n) is 14.0. The van der Waals surface area contributed by atoms with Gasteiger partial charge in [0, 0.05) is 19.6 Å². The molecule has 0 saturated heterocycles. The van der Waals surface area contributed by atoms with Gasteiger partial charge >= 0.3 is 6.03 Å². The van der Waals surface area contributed by atoms with E-state index < -0.39 is 6.03 Å². The first kappa shape index (κ1) is 30.0. The van der Waals surface area contributed by atoms with Gasteiger partial charge in [-0.1, -0.05) is 109 Å². The van der Waals surface area contributed by atoms with E-state index in [1.54, 1.807) is 0 Å². The third-order valence-electron chi connectivity index (χ3n) is 6.76. The maximum Gasteiger partial charge on any atom is 0.321 e. The van der Waals surface area contributed by atoms with Gasteiger partial charge in [0.15, 0.2) is 5.96 Å². The van der Waals surface area contributed by atoms with Crippen molar-refractivity contribution in [1.82, 2.24) is 21.3 Å². The maximum atomic E-state index is 13.3. The van der Waals surface area contributed by atoms with Crippen LogP contribution in [0.4, 0.5) is 4.79 Å². The van der Waals surface area contributed by atoms with E-state index >= 15 is 0 Å². The van der Waals surface area contributed by atoms with Crippen molar-refractivity contribution in [2.24, 2.45) is 10.7 Å². The molecule has 0 saturated carbocycles. The van der Waals surface area contributed by atoms with Crippen LogP contribution in [0.3, 0.4) is 0 Å². The Morgan fingerprint density at radius 1 is 0.690 bits per heavy atom. The number of hydrogen-bond acceptors (Lipinski definition) is 4. The largest absolute Gasteiger partial charge is 0.370 e. The molecule has 4 aromatic carbocycles. The number of carbonyl (C=O) groups excluding carboxylic acids is 2. The number of amides is 3. The molecule has 4 rings (SSSR count). The number of aliphatic imine (C=N–C) groups is 1. The minimum Gasteiger partial charge on any atom is -0.370 e. The first-order chi connectivity index (χ1) is 20.5. The zero-order chi connectivity index (χ0) is 29.6. The van der Waals surface area contributed by atoms with Crippen LogP contribution in [0.2, 0.25) is 0 Å². The Morgan fingerprint density at radius 3 is 1.90 bits per heavy atom. The van der Waals surface area contributed by atoms with Gasteiger partial charge < -0.3 is 21.7 Å². The molecule has 3 amide bonds. The summed E-state index contributed by atoms with van der Waals surface area (Å²) >= 11 is 0. The predicted octanol–water partition coefficient (Wildman–Crippen LogP) is 4.36. The highest BCUT2D eigenvalue weighted by molar-refractivity contribution is 5.95. The van der Waals surface area contributed by atoms with E-state index in [2.05, 4.69) is 26.3 Å². The molecule has 216 valence electrons. The second-order valence-electron chi connectivity index (χ2n) is 10.1. The Kier molecular flexibility index (Phi) is 11.2. The number of guanidine groups is 1. The van der Waals surface area contributed by atoms with Crippen LogP contribution < -0.4 is 27.0 Å². The highest BCUT2D eigenvalue weighted by atomic mass is 16.2. The summed E-state index contributed by atoms with van der Waals surface area (Å²) in [5.41, 5.74) is 12.1. The monoisotopic (exact) mass is 562 g/mol. The summed E-state index contributed by atoms with van der Waals surface area (Å²) in [5, 5.41) is 11.6. The van der Waals surface area contributed by atoms with Gasteiger partial charge in [-0.3, -0.25) is 10.1 Å². The quantitative estimate of drug-likeness (QED) is 0.130. The van der Waals surface area contributed by atoms with E-state index in [4.69, 9.17) is 5.73 Å². The molecular formula is C34H38N6O2. The second-order valence-corrected chi connectivity index (χ2v) is 10.1. The lowest BCUT2D eigenvalue weighted by molar-refractivity contribution is -0.122. The fraction of sp³-hybridized carbons (Fsp3) is 0.206. The Hall–Kier alpha value is -4.95. The average Bonchev–Trinajstić information content (AvgIpc) is 3.02. The molecule has 0 spiro atoms. The van der Waals surface area contributed by atoms with Crippen molar-refractivity contribution in [3.63, 3.8) is 0 Å². The molecule has 0 aliphatic carbocycles. The van der Waals surface area contributed by atoms with Gasteiger partial charge in [0.05, 0.1) is 12.5 Å². The summed E-state index contributed by atoms with van der Waals surface area (Å²) in [7, 11) is 1.89. The number of nitrogens with one attached hydrogen (secondary N) is 4. The molecule has 0 aromatic heterocycles. The maximum absolute atomic E-state index is 13.3. The number of urea groups is 1. The number of nitrogens with two attached hydrogens (primary N) is 1. The molecule has 8 heteroatoms. The van der Waals surface area contributed by atoms with Crippen molar-refractivity contribution in [2.45, 2.75) is 38.5 Å². The molecule has 0 fully saturated rings. The Labute approximate surface area is 247 Å². The minimum absolute atomic E-state index is 0.0262. The smallest absolute Gasteiger partial charge is 0.321 e. The van der Waals surface area contributed by atoms with E-state index in [1.807, 2.05) is 116 Å². The molecule has 4 aromatic rings. The molecule has 1 unspecified atom stereocenters. The summed E-state index contributed by atoms with van der Waals surface area (Å²) in [6.45, 7) is 1.82. The van der Waals surface area contributed by atoms with Crippen molar-refractivity contribution in [1.29, 1.82) is 0 Å². The zero-order valence-corrected chi connectivity index (χ0v) is 23.8. The Bertz CT molecular complexity index is 1470. The number of hydrogen-bond donors (Lipinski definition) is 5. The van der Waals surface area contributed by atoms with Crippen LogP contribution in [-0.2, 0) is 37.4 Å². The average molecular weight is 563 g/mol. The minimum atomic E-state index is -0.421. The normalized spacial score (nSPS) is 11.9. The molecule has 0 aliphatic heterocycles. The lowest BCUT2D eigenvalue weighted by atomic mass is 9.91. The molecule has 0 heterocycles. The van der Waals surface area contributed by atoms with Crippen molar-refractivity contribution < 1.29 is 9.59 Å². The highest BCUT2D eigenvalue weighted by Crippen LogP contribution is 2.21. The van der Waals surface area contributed by atoms with Crippen LogP contribution in [0.5, 0.6) is 0 Å². The van der Waals surface area contributed by atoms with Crippen LogP contribution >= 0.6 is 0 Å². The molecule has 42 heavy (non-hydrogen) atoms. The fourth-order valence-electron chi connectivity index (χ4n) is 4.66. The number of rotatable bonds is 12. The van der Waals surface area contributed by atoms with Crippen LogP contribution in [0, 0.1) is 0 Å². The van der Waals surface area contributed by atoms with Crippen LogP contribution in [-0.4, -0.2) is 24.9 Å².